The van der Waals surface area contributed by atoms with Crippen LogP contribution in [0, 0.1) is 5.92 Å². The molecule has 72 valence electrons. The van der Waals surface area contributed by atoms with Gasteiger partial charge in [-0.15, -0.1) is 0 Å². The minimum Gasteiger partial charge on any atom is -0.447 e. The number of nitrogens with zero attached hydrogens (tertiary/aromatic N) is 1. The third kappa shape index (κ3) is 4.96. The van der Waals surface area contributed by atoms with Gasteiger partial charge in [-0.2, -0.15) is 0 Å². The lowest BCUT2D eigenvalue weighted by Gasteiger charge is -2.18. The van der Waals surface area contributed by atoms with Crippen LogP contribution in [-0.4, -0.2) is 42.9 Å². The number of aliphatic hydroxyl groups excluding tert-OH is 1. The molecule has 0 rings (SSSR count). The Morgan fingerprint density at radius 3 is 2.58 bits per heavy atom. The number of rotatable bonds is 4. The molecule has 0 fully saturated rings. The predicted octanol–water partition coefficient (Wildman–Crippen LogP) is 0.703. The molecular weight excluding hydrogens is 158 g/mol. The van der Waals surface area contributed by atoms with Crippen LogP contribution in [0.3, 0.4) is 0 Å². The van der Waals surface area contributed by atoms with Gasteiger partial charge < -0.3 is 14.7 Å². The van der Waals surface area contributed by atoms with Crippen LogP contribution in [0.4, 0.5) is 4.79 Å². The van der Waals surface area contributed by atoms with Gasteiger partial charge in [0, 0.05) is 13.6 Å². The Kier molecular flexibility index (Phi) is 5.45. The van der Waals surface area contributed by atoms with Gasteiger partial charge in [-0.25, -0.2) is 4.79 Å². The maximum Gasteiger partial charge on any atom is 0.409 e. The fraction of sp³-hybridized carbons (Fsp3) is 0.875. The second-order valence-electron chi connectivity index (χ2n) is 3.11. The van der Waals surface area contributed by atoms with Crippen LogP contribution in [0.5, 0.6) is 0 Å². The first kappa shape index (κ1) is 11.2. The summed E-state index contributed by atoms with van der Waals surface area (Å²) in [5.41, 5.74) is 0. The highest BCUT2D eigenvalue weighted by Crippen LogP contribution is 1.97. The van der Waals surface area contributed by atoms with E-state index in [-0.39, 0.29) is 19.3 Å². The monoisotopic (exact) mass is 175 g/mol. The first-order chi connectivity index (χ1) is 5.57. The van der Waals surface area contributed by atoms with Gasteiger partial charge in [-0.3, -0.25) is 0 Å². The molecule has 0 bridgehead atoms. The summed E-state index contributed by atoms with van der Waals surface area (Å²) in [5.74, 6) is 0.427. The van der Waals surface area contributed by atoms with Gasteiger partial charge in [-0.1, -0.05) is 13.8 Å². The Morgan fingerprint density at radius 1 is 1.58 bits per heavy atom. The molecule has 4 nitrogen and oxygen atoms in total. The fourth-order valence-electron chi connectivity index (χ4n) is 0.865. The quantitative estimate of drug-likeness (QED) is 0.684. The molecule has 0 unspecified atom stereocenters. The number of aliphatic hydroxyl groups is 1. The molecule has 0 saturated heterocycles. The minimum atomic E-state index is -0.377. The van der Waals surface area contributed by atoms with E-state index in [1.165, 1.54) is 4.90 Å². The zero-order valence-corrected chi connectivity index (χ0v) is 7.91. The van der Waals surface area contributed by atoms with E-state index in [0.29, 0.717) is 12.5 Å². The zero-order chi connectivity index (χ0) is 9.56. The average Bonchev–Trinajstić information content (AvgIpc) is 1.98. The van der Waals surface area contributed by atoms with E-state index >= 15 is 0 Å². The maximum absolute atomic E-state index is 11.0. The van der Waals surface area contributed by atoms with E-state index in [2.05, 4.69) is 0 Å². The highest BCUT2D eigenvalue weighted by molar-refractivity contribution is 5.67. The van der Waals surface area contributed by atoms with Crippen LogP contribution in [0.1, 0.15) is 13.8 Å². The molecule has 0 aromatic rings. The third-order valence-electron chi connectivity index (χ3n) is 1.27. The summed E-state index contributed by atoms with van der Waals surface area (Å²) >= 11 is 0. The molecule has 0 saturated carbocycles. The second-order valence-corrected chi connectivity index (χ2v) is 3.11. The van der Waals surface area contributed by atoms with Gasteiger partial charge in [-0.05, 0) is 5.92 Å². The molecule has 4 heteroatoms. The molecule has 0 heterocycles. The summed E-state index contributed by atoms with van der Waals surface area (Å²) in [5, 5.41) is 8.38. The predicted molar refractivity (Wildman–Crippen MR) is 45.9 cm³/mol. The number of carbonyl (C=O) groups excluding carboxylic acids is 1. The Bertz CT molecular complexity index is 136. The van der Waals surface area contributed by atoms with Crippen LogP contribution < -0.4 is 0 Å². The highest BCUT2D eigenvalue weighted by Gasteiger charge is 2.10. The number of amides is 1. The van der Waals surface area contributed by atoms with Crippen molar-refractivity contribution in [3.63, 3.8) is 0 Å². The van der Waals surface area contributed by atoms with Gasteiger partial charge in [0.2, 0.25) is 0 Å². The molecule has 0 aromatic carbocycles. The molecule has 0 atom stereocenters. The molecule has 0 spiro atoms. The second kappa shape index (κ2) is 5.83. The molecule has 0 aromatic heterocycles. The summed E-state index contributed by atoms with van der Waals surface area (Å²) in [6.45, 7) is 4.67. The van der Waals surface area contributed by atoms with Gasteiger partial charge in [0.25, 0.3) is 0 Å². The highest BCUT2D eigenvalue weighted by atomic mass is 16.6. The van der Waals surface area contributed by atoms with Crippen molar-refractivity contribution in [3.05, 3.63) is 0 Å². The standard InChI is InChI=1S/C8H17NO3/c1-7(2)6-9(3)8(11)12-5-4-10/h7,10H,4-6H2,1-3H3. The Labute approximate surface area is 73.1 Å². The molecule has 0 aliphatic carbocycles. The van der Waals surface area contributed by atoms with E-state index in [1.54, 1.807) is 7.05 Å². The lowest BCUT2D eigenvalue weighted by molar-refractivity contribution is 0.0882. The van der Waals surface area contributed by atoms with Crippen molar-refractivity contribution < 1.29 is 14.6 Å². The van der Waals surface area contributed by atoms with Crippen LogP contribution in [0.15, 0.2) is 0 Å². The van der Waals surface area contributed by atoms with Crippen LogP contribution in [0.25, 0.3) is 0 Å². The van der Waals surface area contributed by atoms with Crippen molar-refractivity contribution in [1.29, 1.82) is 0 Å². The smallest absolute Gasteiger partial charge is 0.409 e. The van der Waals surface area contributed by atoms with Gasteiger partial charge >= 0.3 is 6.09 Å². The Balaban J connectivity index is 3.61. The summed E-state index contributed by atoms with van der Waals surface area (Å²) in [4.78, 5) is 12.5. The number of carbonyl (C=O) groups is 1. The lowest BCUT2D eigenvalue weighted by atomic mass is 10.2. The average molecular weight is 175 g/mol. The number of ether oxygens (including phenoxy) is 1. The van der Waals surface area contributed by atoms with Crippen molar-refractivity contribution in [1.82, 2.24) is 4.90 Å². The van der Waals surface area contributed by atoms with E-state index in [1.807, 2.05) is 13.8 Å². The Morgan fingerprint density at radius 2 is 2.17 bits per heavy atom. The molecule has 0 radical (unpaired) electrons. The molecule has 0 aliphatic heterocycles. The zero-order valence-electron chi connectivity index (χ0n) is 7.91. The van der Waals surface area contributed by atoms with Gasteiger partial charge in [0.05, 0.1) is 6.61 Å². The lowest BCUT2D eigenvalue weighted by Crippen LogP contribution is -2.31. The third-order valence-corrected chi connectivity index (χ3v) is 1.27. The summed E-state index contributed by atoms with van der Waals surface area (Å²) in [6, 6.07) is 0. The first-order valence-electron chi connectivity index (χ1n) is 4.06. The van der Waals surface area contributed by atoms with Crippen LogP contribution >= 0.6 is 0 Å². The fourth-order valence-corrected chi connectivity index (χ4v) is 0.865. The van der Waals surface area contributed by atoms with Gasteiger partial charge in [0.15, 0.2) is 0 Å². The summed E-state index contributed by atoms with van der Waals surface area (Å²) in [7, 11) is 1.68. The maximum atomic E-state index is 11.0. The van der Waals surface area contributed by atoms with Gasteiger partial charge in [0.1, 0.15) is 6.61 Å². The first-order valence-corrected chi connectivity index (χ1v) is 4.06. The van der Waals surface area contributed by atoms with Crippen molar-refractivity contribution in [2.75, 3.05) is 26.8 Å². The summed E-state index contributed by atoms with van der Waals surface area (Å²) < 4.78 is 4.69. The van der Waals surface area contributed by atoms with Crippen molar-refractivity contribution in [3.8, 4) is 0 Å². The van der Waals surface area contributed by atoms with Crippen molar-refractivity contribution >= 4 is 6.09 Å². The molecular formula is C8H17NO3. The minimum absolute atomic E-state index is 0.0707. The van der Waals surface area contributed by atoms with Crippen molar-refractivity contribution in [2.45, 2.75) is 13.8 Å². The van der Waals surface area contributed by atoms with Crippen LogP contribution in [0.2, 0.25) is 0 Å². The molecule has 1 N–H and O–H groups in total. The topological polar surface area (TPSA) is 49.8 Å². The largest absolute Gasteiger partial charge is 0.447 e. The molecule has 12 heavy (non-hydrogen) atoms. The SMILES string of the molecule is CC(C)CN(C)C(=O)OCCO. The van der Waals surface area contributed by atoms with Crippen molar-refractivity contribution in [2.24, 2.45) is 5.92 Å². The molecule has 0 aliphatic rings. The van der Waals surface area contributed by atoms with E-state index in [9.17, 15) is 4.79 Å². The van der Waals surface area contributed by atoms with E-state index < -0.39 is 0 Å². The number of hydrogen-bond acceptors (Lipinski definition) is 3. The summed E-state index contributed by atoms with van der Waals surface area (Å²) in [6.07, 6.45) is -0.377. The van der Waals surface area contributed by atoms with Crippen LogP contribution in [-0.2, 0) is 4.74 Å². The van der Waals surface area contributed by atoms with E-state index in [0.717, 1.165) is 0 Å². The molecule has 1 amide bonds. The van der Waals surface area contributed by atoms with E-state index in [4.69, 9.17) is 9.84 Å². The normalized spacial score (nSPS) is 10.1. The number of hydrogen-bond donors (Lipinski definition) is 1. The Hall–Kier alpha value is -0.770.